The van der Waals surface area contributed by atoms with Gasteiger partial charge in [-0.1, -0.05) is 75.2 Å². The van der Waals surface area contributed by atoms with E-state index in [1.165, 1.54) is 16.8 Å². The van der Waals surface area contributed by atoms with Gasteiger partial charge in [0.15, 0.2) is 5.69 Å². The number of hydrogen-bond donors (Lipinski definition) is 3. The van der Waals surface area contributed by atoms with Crippen molar-refractivity contribution < 1.29 is 27.9 Å². The third kappa shape index (κ3) is 10.2. The van der Waals surface area contributed by atoms with E-state index >= 15 is 0 Å². The number of hydrogen-bond acceptors (Lipinski definition) is 5. The highest BCUT2D eigenvalue weighted by molar-refractivity contribution is 5.98. The fourth-order valence-corrected chi connectivity index (χ4v) is 4.87. The van der Waals surface area contributed by atoms with Crippen LogP contribution in [-0.4, -0.2) is 63.4 Å². The zero-order valence-corrected chi connectivity index (χ0v) is 25.7. The van der Waals surface area contributed by atoms with Crippen molar-refractivity contribution in [3.63, 3.8) is 0 Å². The number of nitrogens with one attached hydrogen (secondary N) is 2. The maximum Gasteiger partial charge on any atom is 0.416 e. The molecule has 1 aromatic heterocycles. The van der Waals surface area contributed by atoms with Crippen molar-refractivity contribution in [3.8, 4) is 0 Å². The topological polar surface area (TPSA) is 99.5 Å². The van der Waals surface area contributed by atoms with Crippen molar-refractivity contribution in [2.45, 2.75) is 84.3 Å². The van der Waals surface area contributed by atoms with Crippen molar-refractivity contribution in [1.29, 1.82) is 0 Å². The van der Waals surface area contributed by atoms with Gasteiger partial charge < -0.3 is 20.6 Å². The number of aliphatic hydroxyl groups is 1. The molecule has 2 amide bonds. The second-order valence-electron chi connectivity index (χ2n) is 10.9. The highest BCUT2D eigenvalue weighted by atomic mass is 19.4. The molecular weight excluding hydrogens is 571 g/mol. The van der Waals surface area contributed by atoms with Gasteiger partial charge in [0, 0.05) is 38.8 Å². The lowest BCUT2D eigenvalue weighted by molar-refractivity contribution is -0.137. The minimum atomic E-state index is -4.45. The lowest BCUT2D eigenvalue weighted by Crippen LogP contribution is -2.48. The third-order valence-electron chi connectivity index (χ3n) is 7.40. The number of aliphatic hydroxyl groups excluding tert-OH is 1. The number of aryl methyl sites for hydroxylation is 1. The summed E-state index contributed by atoms with van der Waals surface area (Å²) in [5.74, 6) is -0.697. The van der Waals surface area contributed by atoms with Gasteiger partial charge in [-0.3, -0.25) is 14.3 Å². The predicted octanol–water partition coefficient (Wildman–Crippen LogP) is 5.46. The van der Waals surface area contributed by atoms with E-state index in [4.69, 9.17) is 0 Å². The van der Waals surface area contributed by atoms with Gasteiger partial charge in [-0.15, -0.1) is 0 Å². The van der Waals surface area contributed by atoms with Gasteiger partial charge in [0.1, 0.15) is 5.69 Å². The molecule has 2 aromatic carbocycles. The van der Waals surface area contributed by atoms with Crippen LogP contribution in [0, 0.1) is 0 Å². The van der Waals surface area contributed by atoms with Crippen LogP contribution in [0.5, 0.6) is 0 Å². The van der Waals surface area contributed by atoms with E-state index in [1.807, 2.05) is 42.2 Å². The molecule has 3 rings (SSSR count). The zero-order chi connectivity index (χ0) is 32.1. The maximum atomic E-state index is 13.5. The summed E-state index contributed by atoms with van der Waals surface area (Å²) >= 11 is 0. The molecule has 0 radical (unpaired) electrons. The fraction of sp³-hybridized carbons (Fsp3) is 0.485. The summed E-state index contributed by atoms with van der Waals surface area (Å²) in [5.41, 5.74) is 0.975. The Morgan fingerprint density at radius 1 is 0.955 bits per heavy atom. The van der Waals surface area contributed by atoms with E-state index in [0.717, 1.165) is 43.4 Å². The number of aromatic nitrogens is 2. The van der Waals surface area contributed by atoms with Crippen LogP contribution >= 0.6 is 0 Å². The van der Waals surface area contributed by atoms with Crippen molar-refractivity contribution in [2.24, 2.45) is 0 Å². The van der Waals surface area contributed by atoms with E-state index < -0.39 is 29.8 Å². The molecule has 0 aliphatic heterocycles. The van der Waals surface area contributed by atoms with E-state index in [2.05, 4.69) is 29.6 Å². The van der Waals surface area contributed by atoms with Crippen LogP contribution in [0.2, 0.25) is 0 Å². The Balaban J connectivity index is 1.75. The fourth-order valence-electron chi connectivity index (χ4n) is 4.87. The average molecular weight is 616 g/mol. The molecule has 240 valence electrons. The lowest BCUT2D eigenvalue weighted by atomic mass is 10.0. The Kier molecular flexibility index (Phi) is 13.4. The maximum absolute atomic E-state index is 13.5. The molecule has 0 aliphatic rings. The van der Waals surface area contributed by atoms with Gasteiger partial charge in [-0.05, 0) is 43.4 Å². The Hall–Kier alpha value is -3.70. The van der Waals surface area contributed by atoms with Gasteiger partial charge in [-0.25, -0.2) is 0 Å². The van der Waals surface area contributed by atoms with Crippen molar-refractivity contribution in [1.82, 2.24) is 25.3 Å². The first-order valence-electron chi connectivity index (χ1n) is 15.3. The summed E-state index contributed by atoms with van der Waals surface area (Å²) in [7, 11) is 0. The van der Waals surface area contributed by atoms with Crippen LogP contribution in [0.15, 0.2) is 60.7 Å². The molecule has 0 fully saturated rings. The van der Waals surface area contributed by atoms with Crippen LogP contribution in [-0.2, 0) is 25.7 Å². The Labute approximate surface area is 257 Å². The predicted molar refractivity (Wildman–Crippen MR) is 164 cm³/mol. The molecule has 0 bridgehead atoms. The Morgan fingerprint density at radius 2 is 1.61 bits per heavy atom. The van der Waals surface area contributed by atoms with Gasteiger partial charge in [0.05, 0.1) is 17.7 Å². The van der Waals surface area contributed by atoms with Crippen LogP contribution in [0.4, 0.5) is 13.2 Å². The second kappa shape index (κ2) is 17.0. The Bertz CT molecular complexity index is 1320. The standard InChI is InChI=1S/C33H44F3N5O3/c1-4-7-17-40(18-8-5-2)32(44)29-21-28(39-41(29)6-3)31(43)38-27(20-24-13-10-9-11-14-24)30(42)23-37-22-25-15-12-16-26(19-25)33(34,35)36/h9-16,19,21,27,30,37,42H,4-8,17-18,20,22-23H2,1-3H3,(H,38,43)/t27-,30+/m0/s1. The summed E-state index contributed by atoms with van der Waals surface area (Å²) in [6.07, 6.45) is -1.54. The monoisotopic (exact) mass is 615 g/mol. The first-order valence-corrected chi connectivity index (χ1v) is 15.3. The SMILES string of the molecule is CCCCN(CCCC)C(=O)c1cc(C(=O)N[C@@H](Cc2ccccc2)[C@H](O)CNCc2cccc(C(F)(F)F)c2)nn1CC. The zero-order valence-electron chi connectivity index (χ0n) is 25.7. The third-order valence-corrected chi connectivity index (χ3v) is 7.40. The quantitative estimate of drug-likeness (QED) is 0.188. The minimum absolute atomic E-state index is 0.0188. The number of nitrogens with zero attached hydrogens (tertiary/aromatic N) is 3. The first kappa shape index (κ1) is 34.8. The molecule has 8 nitrogen and oxygen atoms in total. The van der Waals surface area contributed by atoms with E-state index in [0.29, 0.717) is 37.3 Å². The number of benzene rings is 2. The molecule has 11 heteroatoms. The summed E-state index contributed by atoms with van der Waals surface area (Å²) < 4.78 is 40.8. The molecule has 2 atom stereocenters. The first-order chi connectivity index (χ1) is 21.1. The number of halogens is 3. The molecule has 44 heavy (non-hydrogen) atoms. The molecule has 0 saturated carbocycles. The molecule has 0 unspecified atom stereocenters. The van der Waals surface area contributed by atoms with Gasteiger partial charge in [0.25, 0.3) is 11.8 Å². The summed E-state index contributed by atoms with van der Waals surface area (Å²) in [4.78, 5) is 28.7. The molecule has 3 N–H and O–H groups in total. The number of amides is 2. The summed E-state index contributed by atoms with van der Waals surface area (Å²) in [5, 5.41) is 21.4. The summed E-state index contributed by atoms with van der Waals surface area (Å²) in [6.45, 7) is 7.78. The van der Waals surface area contributed by atoms with E-state index in [-0.39, 0.29) is 24.7 Å². The summed E-state index contributed by atoms with van der Waals surface area (Å²) in [6, 6.07) is 15.1. The van der Waals surface area contributed by atoms with Crippen LogP contribution in [0.25, 0.3) is 0 Å². The van der Waals surface area contributed by atoms with E-state index in [1.54, 1.807) is 6.07 Å². The number of unbranched alkanes of at least 4 members (excludes halogenated alkanes) is 2. The lowest BCUT2D eigenvalue weighted by Gasteiger charge is -2.24. The van der Waals surface area contributed by atoms with Crippen molar-refractivity contribution in [2.75, 3.05) is 19.6 Å². The van der Waals surface area contributed by atoms with Crippen LogP contribution < -0.4 is 10.6 Å². The highest BCUT2D eigenvalue weighted by Gasteiger charge is 2.30. The molecule has 1 heterocycles. The smallest absolute Gasteiger partial charge is 0.390 e. The molecule has 0 spiro atoms. The van der Waals surface area contributed by atoms with E-state index in [9.17, 15) is 27.9 Å². The average Bonchev–Trinajstić information content (AvgIpc) is 3.45. The number of carbonyl (C=O) groups is 2. The number of rotatable bonds is 17. The van der Waals surface area contributed by atoms with Crippen molar-refractivity contribution in [3.05, 3.63) is 88.7 Å². The van der Waals surface area contributed by atoms with Crippen LogP contribution in [0.1, 0.15) is 84.1 Å². The molecule has 3 aromatic rings. The van der Waals surface area contributed by atoms with Crippen molar-refractivity contribution >= 4 is 11.8 Å². The normalized spacial score (nSPS) is 13.0. The second-order valence-corrected chi connectivity index (χ2v) is 10.9. The molecular formula is C33H44F3N5O3. The highest BCUT2D eigenvalue weighted by Crippen LogP contribution is 2.29. The number of carbonyl (C=O) groups excluding carboxylic acids is 2. The van der Waals surface area contributed by atoms with Crippen LogP contribution in [0.3, 0.4) is 0 Å². The largest absolute Gasteiger partial charge is 0.416 e. The number of alkyl halides is 3. The molecule has 0 aliphatic carbocycles. The molecule has 0 saturated heterocycles. The minimum Gasteiger partial charge on any atom is -0.390 e. The van der Waals surface area contributed by atoms with Gasteiger partial charge in [-0.2, -0.15) is 18.3 Å². The van der Waals surface area contributed by atoms with Gasteiger partial charge >= 0.3 is 6.18 Å². The van der Waals surface area contributed by atoms with Gasteiger partial charge in [0.2, 0.25) is 0 Å². The Morgan fingerprint density at radius 3 is 2.23 bits per heavy atom.